The van der Waals surface area contributed by atoms with E-state index in [1.807, 2.05) is 18.2 Å². The highest BCUT2D eigenvalue weighted by molar-refractivity contribution is 5.85. The molecule has 21 heavy (non-hydrogen) atoms. The summed E-state index contributed by atoms with van der Waals surface area (Å²) in [6.07, 6.45) is 1.38. The summed E-state index contributed by atoms with van der Waals surface area (Å²) in [6.45, 7) is 3.52. The van der Waals surface area contributed by atoms with Gasteiger partial charge in [0.15, 0.2) is 0 Å². The van der Waals surface area contributed by atoms with Gasteiger partial charge in [-0.25, -0.2) is 4.79 Å². The molecule has 0 saturated carbocycles. The maximum Gasteiger partial charge on any atom is 0.409 e. The highest BCUT2D eigenvalue weighted by Crippen LogP contribution is 2.25. The SMILES string of the molecule is COC(=O)N1CCc2nc3ccccc3c(C)c2CC1.Cl. The maximum absolute atomic E-state index is 11.7. The Labute approximate surface area is 130 Å². The molecule has 2 aromatic rings. The number of carbonyl (C=O) groups is 1. The van der Waals surface area contributed by atoms with Gasteiger partial charge >= 0.3 is 6.09 Å². The zero-order valence-corrected chi connectivity index (χ0v) is 13.1. The Hall–Kier alpha value is -1.81. The van der Waals surface area contributed by atoms with Crippen molar-refractivity contribution in [2.75, 3.05) is 20.2 Å². The number of para-hydroxylation sites is 1. The summed E-state index contributed by atoms with van der Waals surface area (Å²) >= 11 is 0. The zero-order valence-electron chi connectivity index (χ0n) is 12.3. The number of aryl methyl sites for hydroxylation is 1. The Bertz CT molecular complexity index is 673. The van der Waals surface area contributed by atoms with Crippen LogP contribution >= 0.6 is 12.4 Å². The van der Waals surface area contributed by atoms with Crippen LogP contribution in [0.25, 0.3) is 10.9 Å². The van der Waals surface area contributed by atoms with Crippen LogP contribution in [0.3, 0.4) is 0 Å². The monoisotopic (exact) mass is 306 g/mol. The van der Waals surface area contributed by atoms with E-state index in [9.17, 15) is 4.79 Å². The number of carbonyl (C=O) groups excluding carboxylic acids is 1. The Morgan fingerprint density at radius 2 is 1.95 bits per heavy atom. The standard InChI is InChI=1S/C16H18N2O2.ClH/c1-11-12-5-3-4-6-14(12)17-15-8-10-18(16(19)20-2)9-7-13(11)15;/h3-6H,7-10H2,1-2H3;1H. The Balaban J connectivity index is 0.00000161. The molecule has 1 aliphatic rings. The lowest BCUT2D eigenvalue weighted by Gasteiger charge is -2.17. The molecule has 0 saturated heterocycles. The molecular formula is C16H19ClN2O2. The van der Waals surface area contributed by atoms with Crippen molar-refractivity contribution in [2.24, 2.45) is 0 Å². The number of hydrogen-bond acceptors (Lipinski definition) is 3. The van der Waals surface area contributed by atoms with Gasteiger partial charge in [-0.1, -0.05) is 18.2 Å². The Morgan fingerprint density at radius 1 is 1.24 bits per heavy atom. The lowest BCUT2D eigenvalue weighted by Crippen LogP contribution is -2.33. The van der Waals surface area contributed by atoms with Crippen molar-refractivity contribution in [3.05, 3.63) is 41.1 Å². The molecule has 1 aromatic heterocycles. The van der Waals surface area contributed by atoms with E-state index in [1.54, 1.807) is 4.90 Å². The normalized spacial score (nSPS) is 14.1. The first-order valence-corrected chi connectivity index (χ1v) is 6.90. The summed E-state index contributed by atoms with van der Waals surface area (Å²) in [7, 11) is 1.43. The minimum atomic E-state index is -0.250. The molecule has 0 atom stereocenters. The molecule has 0 radical (unpaired) electrons. The van der Waals surface area contributed by atoms with E-state index >= 15 is 0 Å². The van der Waals surface area contributed by atoms with Gasteiger partial charge in [0.1, 0.15) is 0 Å². The fourth-order valence-corrected chi connectivity index (χ4v) is 2.93. The largest absolute Gasteiger partial charge is 0.453 e. The molecule has 0 spiro atoms. The van der Waals surface area contributed by atoms with Gasteiger partial charge in [0, 0.05) is 30.6 Å². The van der Waals surface area contributed by atoms with Gasteiger partial charge in [-0.3, -0.25) is 4.98 Å². The van der Waals surface area contributed by atoms with E-state index in [0.717, 1.165) is 24.1 Å². The summed E-state index contributed by atoms with van der Waals surface area (Å²) in [5, 5.41) is 1.21. The van der Waals surface area contributed by atoms with Crippen molar-refractivity contribution >= 4 is 29.4 Å². The van der Waals surface area contributed by atoms with Gasteiger partial charge < -0.3 is 9.64 Å². The average Bonchev–Trinajstić information content (AvgIpc) is 2.69. The number of rotatable bonds is 0. The predicted molar refractivity (Wildman–Crippen MR) is 85.1 cm³/mol. The topological polar surface area (TPSA) is 42.4 Å². The summed E-state index contributed by atoms with van der Waals surface area (Å²) < 4.78 is 4.82. The minimum absolute atomic E-state index is 0. The predicted octanol–water partition coefficient (Wildman–Crippen LogP) is 3.13. The zero-order chi connectivity index (χ0) is 14.1. The van der Waals surface area contributed by atoms with E-state index in [1.165, 1.54) is 23.6 Å². The Morgan fingerprint density at radius 3 is 2.71 bits per heavy atom. The number of pyridine rings is 1. The van der Waals surface area contributed by atoms with Crippen LogP contribution in [0.2, 0.25) is 0 Å². The molecule has 0 fully saturated rings. The first kappa shape index (κ1) is 15.6. The number of amides is 1. The third-order valence-electron chi connectivity index (χ3n) is 4.05. The maximum atomic E-state index is 11.7. The van der Waals surface area contributed by atoms with Gasteiger partial charge in [-0.05, 0) is 30.5 Å². The first-order valence-electron chi connectivity index (χ1n) is 6.90. The minimum Gasteiger partial charge on any atom is -0.453 e. The number of methoxy groups -OCH3 is 1. The number of benzene rings is 1. The summed E-state index contributed by atoms with van der Waals surface area (Å²) in [6, 6.07) is 8.21. The van der Waals surface area contributed by atoms with Crippen LogP contribution in [-0.4, -0.2) is 36.2 Å². The van der Waals surface area contributed by atoms with Crippen LogP contribution in [-0.2, 0) is 17.6 Å². The van der Waals surface area contributed by atoms with E-state index in [0.29, 0.717) is 13.1 Å². The van der Waals surface area contributed by atoms with E-state index in [2.05, 4.69) is 13.0 Å². The highest BCUT2D eigenvalue weighted by atomic mass is 35.5. The molecular weight excluding hydrogens is 288 g/mol. The summed E-state index contributed by atoms with van der Waals surface area (Å²) in [5.74, 6) is 0. The van der Waals surface area contributed by atoms with E-state index in [4.69, 9.17) is 9.72 Å². The van der Waals surface area contributed by atoms with Crippen LogP contribution in [0.1, 0.15) is 16.8 Å². The summed E-state index contributed by atoms with van der Waals surface area (Å²) in [4.78, 5) is 18.2. The molecule has 0 bridgehead atoms. The molecule has 0 unspecified atom stereocenters. The number of nitrogens with zero attached hydrogens (tertiary/aromatic N) is 2. The lowest BCUT2D eigenvalue weighted by atomic mass is 9.99. The van der Waals surface area contributed by atoms with Crippen LogP contribution < -0.4 is 0 Å². The molecule has 1 amide bonds. The molecule has 3 rings (SSSR count). The molecule has 112 valence electrons. The smallest absolute Gasteiger partial charge is 0.409 e. The number of aromatic nitrogens is 1. The van der Waals surface area contributed by atoms with Crippen molar-refractivity contribution in [3.63, 3.8) is 0 Å². The van der Waals surface area contributed by atoms with E-state index < -0.39 is 0 Å². The van der Waals surface area contributed by atoms with Crippen LogP contribution in [0.5, 0.6) is 0 Å². The Kier molecular flexibility index (Phi) is 4.68. The van der Waals surface area contributed by atoms with Crippen molar-refractivity contribution in [1.82, 2.24) is 9.88 Å². The van der Waals surface area contributed by atoms with Crippen molar-refractivity contribution in [1.29, 1.82) is 0 Å². The second kappa shape index (κ2) is 6.31. The molecule has 1 aromatic carbocycles. The van der Waals surface area contributed by atoms with Crippen molar-refractivity contribution in [2.45, 2.75) is 19.8 Å². The van der Waals surface area contributed by atoms with Gasteiger partial charge in [0.2, 0.25) is 0 Å². The van der Waals surface area contributed by atoms with Crippen molar-refractivity contribution < 1.29 is 9.53 Å². The molecule has 0 aliphatic carbocycles. The van der Waals surface area contributed by atoms with Crippen LogP contribution in [0, 0.1) is 6.92 Å². The third-order valence-corrected chi connectivity index (χ3v) is 4.05. The number of ether oxygens (including phenoxy) is 1. The number of halogens is 1. The molecule has 5 heteroatoms. The average molecular weight is 307 g/mol. The first-order chi connectivity index (χ1) is 9.70. The van der Waals surface area contributed by atoms with Crippen molar-refractivity contribution in [3.8, 4) is 0 Å². The number of hydrogen-bond donors (Lipinski definition) is 0. The van der Waals surface area contributed by atoms with Gasteiger partial charge in [-0.15, -0.1) is 12.4 Å². The summed E-state index contributed by atoms with van der Waals surface area (Å²) in [5.41, 5.74) is 4.73. The fraction of sp³-hybridized carbons (Fsp3) is 0.375. The van der Waals surface area contributed by atoms with Crippen LogP contribution in [0.15, 0.2) is 24.3 Å². The number of fused-ring (bicyclic) bond motifs is 2. The molecule has 2 heterocycles. The second-order valence-electron chi connectivity index (χ2n) is 5.14. The molecule has 0 N–H and O–H groups in total. The van der Waals surface area contributed by atoms with E-state index in [-0.39, 0.29) is 18.5 Å². The highest BCUT2D eigenvalue weighted by Gasteiger charge is 2.21. The van der Waals surface area contributed by atoms with Gasteiger partial charge in [0.05, 0.1) is 12.6 Å². The third kappa shape index (κ3) is 2.81. The molecule has 4 nitrogen and oxygen atoms in total. The second-order valence-corrected chi connectivity index (χ2v) is 5.14. The molecule has 1 aliphatic heterocycles. The van der Waals surface area contributed by atoms with Crippen LogP contribution in [0.4, 0.5) is 4.79 Å². The lowest BCUT2D eigenvalue weighted by molar-refractivity contribution is 0.125. The van der Waals surface area contributed by atoms with Gasteiger partial charge in [0.25, 0.3) is 0 Å². The fourth-order valence-electron chi connectivity index (χ4n) is 2.93. The quantitative estimate of drug-likeness (QED) is 0.751. The van der Waals surface area contributed by atoms with Gasteiger partial charge in [-0.2, -0.15) is 0 Å².